The average Bonchev–Trinajstić information content (AvgIpc) is 3.99. The Morgan fingerprint density at radius 3 is 0.960 bits per heavy atom. The zero-order valence-corrected chi connectivity index (χ0v) is 65.1. The minimum absolute atomic E-state index is 0. The SMILES string of the molecule is CC(C)[N-][Si](C)(C)C1C(C)C(C)C2C3CCCCC3SC21.CC1C(C)C([Si](C)(C)[N-]C(C)(C)C)C2SC3CCCCC3C12.CC[N-][Si](C)(C)C1C(C)C(C)C2C3CCCCC3SC21.[CH3-].[CH3-].[CH3-].[CH3-].[CH3-].[CH3-].[CH3-].[CH3-].[CH3-].[Ti+4].[Ti+4].[Ti+4]. The fraction of sp³-hybridized carbons (Fsp3) is 0.857. The molecule has 75 heavy (non-hydrogen) atoms. The Hall–Kier alpha value is 3.72. The summed E-state index contributed by atoms with van der Waals surface area (Å²) in [7, 11) is -4.46. The molecule has 0 bridgehead atoms. The zero-order chi connectivity index (χ0) is 46.1. The molecule has 438 valence electrons. The number of fused-ring (bicyclic) bond motifs is 9. The van der Waals surface area contributed by atoms with Gasteiger partial charge in [0.1, 0.15) is 0 Å². The van der Waals surface area contributed by atoms with Crippen molar-refractivity contribution in [3.8, 4) is 0 Å². The Bertz CT molecular complexity index is 1520. The summed E-state index contributed by atoms with van der Waals surface area (Å²) >= 11 is 7.23. The third-order valence-electron chi connectivity index (χ3n) is 20.2. The second kappa shape index (κ2) is 36.0. The van der Waals surface area contributed by atoms with E-state index >= 15 is 0 Å². The Morgan fingerprint density at radius 1 is 0.427 bits per heavy atom. The van der Waals surface area contributed by atoms with Crippen LogP contribution in [0, 0.1) is 138 Å². The van der Waals surface area contributed by atoms with Crippen LogP contribution in [0.25, 0.3) is 14.9 Å². The summed E-state index contributed by atoms with van der Waals surface area (Å²) < 4.78 is 0. The third-order valence-corrected chi connectivity index (χ3v) is 37.6. The van der Waals surface area contributed by atoms with Crippen molar-refractivity contribution in [3.63, 3.8) is 0 Å². The summed E-state index contributed by atoms with van der Waals surface area (Å²) in [5, 5.41) is 5.79. The van der Waals surface area contributed by atoms with Crippen molar-refractivity contribution in [2.75, 3.05) is 6.54 Å². The van der Waals surface area contributed by atoms with E-state index < -0.39 is 24.7 Å². The van der Waals surface area contributed by atoms with Gasteiger partial charge in [0.25, 0.3) is 0 Å². The first-order valence-corrected chi connectivity index (χ1v) is 39.4. The summed E-state index contributed by atoms with van der Waals surface area (Å²) in [6.07, 6.45) is 18.0. The minimum Gasteiger partial charge on any atom is -0.665 e. The van der Waals surface area contributed by atoms with E-state index in [0.29, 0.717) is 6.04 Å². The maximum absolute atomic E-state index is 5.41. The molecule has 0 aromatic heterocycles. The maximum atomic E-state index is 5.41. The standard InChI is InChI=1S/C19H36NSSi.C18H34NSSi.C17H32NSSi.9CH3.3Ti/c1-12-13(2)18(22(6,7)20-19(3,4)5)17-16(12)14-10-8-9-11-15(14)21-17;1-11(2)19-21(5,6)18-13(4)12(3)16-14-9-7-8-10-15(14)20-17(16)18;1-6-18-20(4,5)17-12(3)11(2)15-13-9-7-8-10-14(13)19-16(15)17;;;;;;;;;;;;/h12-18H,8-11H2,1-7H3;11-18H,7-10H2,1-6H3;11-17H,6-10H2,1-5H3;9*1H3;;;/q12*-1;3*+4. The van der Waals surface area contributed by atoms with E-state index in [0.717, 1.165) is 126 Å². The van der Waals surface area contributed by atoms with Crippen molar-refractivity contribution in [3.05, 3.63) is 81.8 Å². The van der Waals surface area contributed by atoms with Crippen molar-refractivity contribution in [1.29, 1.82) is 0 Å². The summed E-state index contributed by atoms with van der Waals surface area (Å²) in [5.41, 5.74) is 2.86. The third kappa shape index (κ3) is 18.9. The number of hydrogen-bond donors (Lipinski definition) is 0. The number of rotatable bonds is 8. The average molecular weight is 1250 g/mol. The predicted molar refractivity (Wildman–Crippen MR) is 354 cm³/mol. The molecule has 21 unspecified atom stereocenters. The van der Waals surface area contributed by atoms with E-state index in [4.69, 9.17) is 14.9 Å². The van der Waals surface area contributed by atoms with E-state index in [1.54, 1.807) is 0 Å². The minimum atomic E-state index is -1.56. The van der Waals surface area contributed by atoms with Gasteiger partial charge in [-0.3, -0.25) is 0 Å². The van der Waals surface area contributed by atoms with Gasteiger partial charge in [-0.1, -0.05) is 186 Å². The number of hydrogen-bond acceptors (Lipinski definition) is 3. The molecule has 9 fully saturated rings. The molecule has 3 saturated heterocycles. The van der Waals surface area contributed by atoms with Crippen LogP contribution in [0.5, 0.6) is 0 Å². The van der Waals surface area contributed by atoms with E-state index in [1.807, 2.05) is 0 Å². The Balaban J connectivity index is -0.000000221. The molecule has 0 spiro atoms. The van der Waals surface area contributed by atoms with Crippen LogP contribution in [0.3, 0.4) is 0 Å². The van der Waals surface area contributed by atoms with Gasteiger partial charge >= 0.3 is 65.2 Å². The van der Waals surface area contributed by atoms with Crippen LogP contribution in [0.2, 0.25) is 55.9 Å². The molecule has 0 aromatic carbocycles. The van der Waals surface area contributed by atoms with Gasteiger partial charge < -0.3 is 81.8 Å². The van der Waals surface area contributed by atoms with E-state index in [9.17, 15) is 0 Å². The first-order chi connectivity index (χ1) is 29.4. The molecule has 6 saturated carbocycles. The molecular weight excluding hydrogens is 1120 g/mol. The van der Waals surface area contributed by atoms with Crippen LogP contribution >= 0.6 is 35.3 Å². The van der Waals surface area contributed by atoms with Gasteiger partial charge in [0.05, 0.1) is 0 Å². The largest absolute Gasteiger partial charge is 4.00 e. The molecule has 0 aromatic rings. The summed E-state index contributed by atoms with van der Waals surface area (Å²) in [5.74, 6) is 11.6. The molecule has 9 rings (SSSR count). The molecule has 3 nitrogen and oxygen atoms in total. The van der Waals surface area contributed by atoms with Crippen molar-refractivity contribution < 1.29 is 65.2 Å². The van der Waals surface area contributed by atoms with Crippen LogP contribution in [-0.4, -0.2) is 74.3 Å². The van der Waals surface area contributed by atoms with Gasteiger partial charge in [-0.25, -0.2) is 0 Å². The summed E-state index contributed by atoms with van der Waals surface area (Å²) in [4.78, 5) is 15.8. The monoisotopic (exact) mass is 1250 g/mol. The van der Waals surface area contributed by atoms with Crippen molar-refractivity contribution in [2.24, 2.45) is 71.0 Å². The number of thioether (sulfide) groups is 3. The molecule has 0 radical (unpaired) electrons. The van der Waals surface area contributed by atoms with Gasteiger partial charge in [0.2, 0.25) is 0 Å². The van der Waals surface area contributed by atoms with Crippen molar-refractivity contribution in [1.82, 2.24) is 0 Å². The fourth-order valence-electron chi connectivity index (χ4n) is 18.1. The molecule has 9 aliphatic rings. The normalized spacial score (nSPS) is 39.3. The number of nitrogens with zero attached hydrogens (tertiary/aromatic N) is 3. The van der Waals surface area contributed by atoms with Crippen LogP contribution in [0.1, 0.15) is 160 Å². The van der Waals surface area contributed by atoms with Gasteiger partial charge in [-0.15, -0.1) is 11.6 Å². The first kappa shape index (κ1) is 89.9. The fourth-order valence-corrected chi connectivity index (χ4v) is 40.9. The van der Waals surface area contributed by atoms with Crippen molar-refractivity contribution in [2.45, 2.75) is 259 Å². The van der Waals surface area contributed by atoms with Crippen LogP contribution in [0.4, 0.5) is 0 Å². The molecule has 21 atom stereocenters. The maximum Gasteiger partial charge on any atom is 4.00 e. The molecule has 3 aliphatic heterocycles. The topological polar surface area (TPSA) is 42.3 Å². The van der Waals surface area contributed by atoms with Crippen LogP contribution in [-0.2, 0) is 65.2 Å². The molecule has 0 amide bonds. The quantitative estimate of drug-likeness (QED) is 0.180. The van der Waals surface area contributed by atoms with Gasteiger partial charge in [-0.2, -0.15) is 41.8 Å². The van der Waals surface area contributed by atoms with Crippen molar-refractivity contribution >= 4 is 60.0 Å². The molecule has 3 heterocycles. The van der Waals surface area contributed by atoms with Crippen LogP contribution in [0.15, 0.2) is 0 Å². The van der Waals surface area contributed by atoms with E-state index in [-0.39, 0.29) is 138 Å². The van der Waals surface area contributed by atoms with Gasteiger partial charge in [0.15, 0.2) is 0 Å². The second-order valence-corrected chi connectivity index (χ2v) is 43.7. The summed E-state index contributed by atoms with van der Waals surface area (Å²) in [6, 6.07) is 0.516. The second-order valence-electron chi connectivity index (χ2n) is 26.7. The van der Waals surface area contributed by atoms with Gasteiger partial charge in [-0.05, 0) is 126 Å². The molecular formula is C63H129N3S3Si3Ti3. The predicted octanol–water partition coefficient (Wildman–Crippen LogP) is 21.8. The Kier molecular flexibility index (Phi) is 43.2. The Labute approximate surface area is 538 Å². The van der Waals surface area contributed by atoms with Gasteiger partial charge in [0, 0.05) is 31.5 Å². The Morgan fingerprint density at radius 2 is 0.693 bits per heavy atom. The molecule has 6 aliphatic carbocycles. The van der Waals surface area contributed by atoms with Crippen LogP contribution < -0.4 is 0 Å². The molecule has 12 heteroatoms. The summed E-state index contributed by atoms with van der Waals surface area (Å²) in [6.45, 7) is 45.3. The zero-order valence-electron chi connectivity index (χ0n) is 55.0. The first-order valence-electron chi connectivity index (χ1n) is 27.5. The smallest absolute Gasteiger partial charge is 0.665 e. The van der Waals surface area contributed by atoms with E-state index in [1.165, 1.54) is 77.0 Å². The van der Waals surface area contributed by atoms with E-state index in [2.05, 4.69) is 158 Å². The molecule has 0 N–H and O–H groups in total.